The van der Waals surface area contributed by atoms with Crippen LogP contribution in [0.1, 0.15) is 27.2 Å². The van der Waals surface area contributed by atoms with E-state index in [1.165, 1.54) is 6.92 Å². The van der Waals surface area contributed by atoms with Gasteiger partial charge in [0.15, 0.2) is 0 Å². The molecule has 0 bridgehead atoms. The monoisotopic (exact) mass is 156 g/mol. The molecule has 0 aromatic carbocycles. The summed E-state index contributed by atoms with van der Waals surface area (Å²) in [7, 11) is 0. The molecule has 11 heavy (non-hydrogen) atoms. The molecule has 2 heteroatoms. The lowest BCUT2D eigenvalue weighted by Crippen LogP contribution is -2.21. The Labute approximate surface area is 68.2 Å². The van der Waals surface area contributed by atoms with E-state index < -0.39 is 0 Å². The van der Waals surface area contributed by atoms with E-state index in [4.69, 9.17) is 4.74 Å². The Morgan fingerprint density at radius 3 is 2.45 bits per heavy atom. The molecule has 0 aliphatic rings. The SMILES string of the molecule is C=CCC(OC(C)=O)C(C)C. The molecule has 1 unspecified atom stereocenters. The zero-order valence-electron chi connectivity index (χ0n) is 7.46. The second-order valence-corrected chi connectivity index (χ2v) is 2.92. The summed E-state index contributed by atoms with van der Waals surface area (Å²) in [5.41, 5.74) is 0. The van der Waals surface area contributed by atoms with Crippen molar-refractivity contribution in [3.8, 4) is 0 Å². The Hall–Kier alpha value is -0.790. The summed E-state index contributed by atoms with van der Waals surface area (Å²) < 4.78 is 5.04. The second-order valence-electron chi connectivity index (χ2n) is 2.92. The van der Waals surface area contributed by atoms with Gasteiger partial charge in [0.25, 0.3) is 0 Å². The predicted octanol–water partition coefficient (Wildman–Crippen LogP) is 2.15. The minimum absolute atomic E-state index is 0.00926. The van der Waals surface area contributed by atoms with E-state index in [0.717, 1.165) is 6.42 Å². The van der Waals surface area contributed by atoms with Gasteiger partial charge in [0.2, 0.25) is 0 Å². The second kappa shape index (κ2) is 4.94. The minimum atomic E-state index is -0.217. The molecule has 0 aromatic heterocycles. The number of hydrogen-bond acceptors (Lipinski definition) is 2. The quantitative estimate of drug-likeness (QED) is 0.460. The van der Waals surface area contributed by atoms with Gasteiger partial charge in [-0.25, -0.2) is 0 Å². The highest BCUT2D eigenvalue weighted by atomic mass is 16.5. The van der Waals surface area contributed by atoms with Crippen molar-refractivity contribution >= 4 is 5.97 Å². The van der Waals surface area contributed by atoms with E-state index in [-0.39, 0.29) is 12.1 Å². The van der Waals surface area contributed by atoms with Crippen molar-refractivity contribution in [1.29, 1.82) is 0 Å². The maximum absolute atomic E-state index is 10.6. The van der Waals surface area contributed by atoms with Gasteiger partial charge in [-0.15, -0.1) is 6.58 Å². The standard InChI is InChI=1S/C9H16O2/c1-5-6-9(7(2)3)11-8(4)10/h5,7,9H,1,6H2,2-4H3. The van der Waals surface area contributed by atoms with E-state index in [1.54, 1.807) is 6.08 Å². The van der Waals surface area contributed by atoms with Crippen molar-refractivity contribution in [1.82, 2.24) is 0 Å². The summed E-state index contributed by atoms with van der Waals surface area (Å²) in [5, 5.41) is 0. The summed E-state index contributed by atoms with van der Waals surface area (Å²) in [6, 6.07) is 0. The van der Waals surface area contributed by atoms with Crippen LogP contribution < -0.4 is 0 Å². The third kappa shape index (κ3) is 4.59. The number of carbonyl (C=O) groups excluding carboxylic acids is 1. The molecule has 2 nitrogen and oxygen atoms in total. The number of carbonyl (C=O) groups is 1. The van der Waals surface area contributed by atoms with Crippen LogP contribution in [0.15, 0.2) is 12.7 Å². The third-order valence-corrected chi connectivity index (χ3v) is 1.46. The maximum Gasteiger partial charge on any atom is 0.302 e. The highest BCUT2D eigenvalue weighted by Crippen LogP contribution is 2.10. The van der Waals surface area contributed by atoms with Crippen LogP contribution in [0, 0.1) is 5.92 Å². The first kappa shape index (κ1) is 10.2. The Bertz CT molecular complexity index is 138. The van der Waals surface area contributed by atoms with Crippen molar-refractivity contribution in [2.75, 3.05) is 0 Å². The van der Waals surface area contributed by atoms with Crippen molar-refractivity contribution in [3.05, 3.63) is 12.7 Å². The van der Waals surface area contributed by atoms with Gasteiger partial charge in [0.1, 0.15) is 6.10 Å². The van der Waals surface area contributed by atoms with Crippen LogP contribution in [0.3, 0.4) is 0 Å². The largest absolute Gasteiger partial charge is 0.462 e. The molecule has 0 rings (SSSR count). The lowest BCUT2D eigenvalue weighted by atomic mass is 10.0. The third-order valence-electron chi connectivity index (χ3n) is 1.46. The summed E-state index contributed by atoms with van der Waals surface area (Å²) in [4.78, 5) is 10.6. The molecular formula is C9H16O2. The molecule has 0 heterocycles. The molecule has 0 aliphatic heterocycles. The van der Waals surface area contributed by atoms with E-state index in [1.807, 2.05) is 13.8 Å². The van der Waals surface area contributed by atoms with Crippen molar-refractivity contribution in [3.63, 3.8) is 0 Å². The van der Waals surface area contributed by atoms with Crippen molar-refractivity contribution in [2.24, 2.45) is 5.92 Å². The van der Waals surface area contributed by atoms with Gasteiger partial charge in [0.05, 0.1) is 0 Å². The smallest absolute Gasteiger partial charge is 0.302 e. The summed E-state index contributed by atoms with van der Waals surface area (Å²) in [6.45, 7) is 9.08. The first-order valence-corrected chi connectivity index (χ1v) is 3.86. The molecule has 0 amide bonds. The molecule has 0 saturated heterocycles. The van der Waals surface area contributed by atoms with Crippen molar-refractivity contribution in [2.45, 2.75) is 33.3 Å². The molecule has 0 radical (unpaired) electrons. The lowest BCUT2D eigenvalue weighted by Gasteiger charge is -2.18. The van der Waals surface area contributed by atoms with Crippen LogP contribution in [0.5, 0.6) is 0 Å². The number of ether oxygens (including phenoxy) is 1. The zero-order chi connectivity index (χ0) is 8.85. The lowest BCUT2D eigenvalue weighted by molar-refractivity contribution is -0.148. The normalized spacial score (nSPS) is 12.7. The molecule has 1 atom stereocenters. The Morgan fingerprint density at radius 1 is 1.64 bits per heavy atom. The average Bonchev–Trinajstić information content (AvgIpc) is 1.86. The van der Waals surface area contributed by atoms with Gasteiger partial charge in [0, 0.05) is 13.3 Å². The molecule has 0 aromatic rings. The van der Waals surface area contributed by atoms with Gasteiger partial charge in [-0.05, 0) is 5.92 Å². The fourth-order valence-corrected chi connectivity index (χ4v) is 0.834. The van der Waals surface area contributed by atoms with E-state index in [9.17, 15) is 4.79 Å². The molecule has 0 N–H and O–H groups in total. The van der Waals surface area contributed by atoms with Gasteiger partial charge in [-0.1, -0.05) is 19.9 Å². The first-order chi connectivity index (χ1) is 5.07. The summed E-state index contributed by atoms with van der Waals surface area (Å²) in [6.07, 6.45) is 2.50. The highest BCUT2D eigenvalue weighted by Gasteiger charge is 2.13. The highest BCUT2D eigenvalue weighted by molar-refractivity contribution is 5.66. The van der Waals surface area contributed by atoms with E-state index >= 15 is 0 Å². The number of hydrogen-bond donors (Lipinski definition) is 0. The minimum Gasteiger partial charge on any atom is -0.462 e. The molecular weight excluding hydrogens is 140 g/mol. The van der Waals surface area contributed by atoms with Gasteiger partial charge in [-0.3, -0.25) is 4.79 Å². The number of esters is 1. The van der Waals surface area contributed by atoms with Gasteiger partial charge >= 0.3 is 5.97 Å². The summed E-state index contributed by atoms with van der Waals surface area (Å²) in [5.74, 6) is 0.141. The molecule has 0 aliphatic carbocycles. The molecule has 0 spiro atoms. The molecule has 0 fully saturated rings. The maximum atomic E-state index is 10.6. The van der Waals surface area contributed by atoms with E-state index in [0.29, 0.717) is 5.92 Å². The molecule has 0 saturated carbocycles. The average molecular weight is 156 g/mol. The van der Waals surface area contributed by atoms with Crippen LogP contribution >= 0.6 is 0 Å². The van der Waals surface area contributed by atoms with Crippen molar-refractivity contribution < 1.29 is 9.53 Å². The van der Waals surface area contributed by atoms with E-state index in [2.05, 4.69) is 6.58 Å². The summed E-state index contributed by atoms with van der Waals surface area (Å²) >= 11 is 0. The Balaban J connectivity index is 3.88. The van der Waals surface area contributed by atoms with Gasteiger partial charge < -0.3 is 4.74 Å². The van der Waals surface area contributed by atoms with Crippen LogP contribution in [0.4, 0.5) is 0 Å². The van der Waals surface area contributed by atoms with Crippen LogP contribution in [0.25, 0.3) is 0 Å². The van der Waals surface area contributed by atoms with Crippen LogP contribution in [-0.2, 0) is 9.53 Å². The Morgan fingerprint density at radius 2 is 2.18 bits per heavy atom. The van der Waals surface area contributed by atoms with Crippen LogP contribution in [0.2, 0.25) is 0 Å². The fourth-order valence-electron chi connectivity index (χ4n) is 0.834. The van der Waals surface area contributed by atoms with Gasteiger partial charge in [-0.2, -0.15) is 0 Å². The Kier molecular flexibility index (Phi) is 4.59. The predicted molar refractivity (Wildman–Crippen MR) is 45.2 cm³/mol. The first-order valence-electron chi connectivity index (χ1n) is 3.86. The molecule has 64 valence electrons. The topological polar surface area (TPSA) is 26.3 Å². The number of rotatable bonds is 4. The van der Waals surface area contributed by atoms with Crippen LogP contribution in [-0.4, -0.2) is 12.1 Å². The zero-order valence-corrected chi connectivity index (χ0v) is 7.46. The fraction of sp³-hybridized carbons (Fsp3) is 0.667.